The molecule has 1 aliphatic heterocycles. The van der Waals surface area contributed by atoms with Crippen molar-refractivity contribution in [3.05, 3.63) is 72.9 Å². The smallest absolute Gasteiger partial charge is 0.315 e. The molecule has 3 aromatic rings. The van der Waals surface area contributed by atoms with Gasteiger partial charge in [0.1, 0.15) is 12.1 Å². The highest BCUT2D eigenvalue weighted by molar-refractivity contribution is 5.73. The van der Waals surface area contributed by atoms with Crippen molar-refractivity contribution in [2.75, 3.05) is 24.5 Å². The summed E-state index contributed by atoms with van der Waals surface area (Å²) in [6.45, 7) is 3.15. The molecule has 4 rings (SSSR count). The Balaban J connectivity index is 1.19. The van der Waals surface area contributed by atoms with E-state index in [9.17, 15) is 4.79 Å². The Kier molecular flexibility index (Phi) is 5.51. The fraction of sp³-hybridized carbons (Fsp3) is 0.286. The van der Waals surface area contributed by atoms with E-state index in [1.807, 2.05) is 29.0 Å². The number of imidazole rings is 1. The van der Waals surface area contributed by atoms with Crippen molar-refractivity contribution in [1.82, 2.24) is 25.2 Å². The minimum Gasteiger partial charge on any atom is -0.371 e. The number of carbonyl (C=O) groups is 1. The van der Waals surface area contributed by atoms with Gasteiger partial charge in [-0.1, -0.05) is 24.3 Å². The number of urea groups is 1. The molecule has 2 N–H and O–H groups in total. The molecule has 0 radical (unpaired) electrons. The molecule has 1 atom stereocenters. The first-order valence-electron chi connectivity index (χ1n) is 9.53. The molecule has 0 spiro atoms. The number of amides is 2. The lowest BCUT2D eigenvalue weighted by Gasteiger charge is -2.18. The fourth-order valence-electron chi connectivity index (χ4n) is 3.42. The lowest BCUT2D eigenvalue weighted by Crippen LogP contribution is -2.38. The molecule has 1 aromatic carbocycles. The molecule has 2 amide bonds. The molecular formula is C21H24N6O. The number of nitrogens with zero attached hydrogens (tertiary/aromatic N) is 4. The van der Waals surface area contributed by atoms with E-state index >= 15 is 0 Å². The Bertz CT molecular complexity index is 879. The van der Waals surface area contributed by atoms with Crippen molar-refractivity contribution in [2.24, 2.45) is 5.92 Å². The Morgan fingerprint density at radius 2 is 2.04 bits per heavy atom. The van der Waals surface area contributed by atoms with Crippen LogP contribution >= 0.6 is 0 Å². The van der Waals surface area contributed by atoms with Gasteiger partial charge in [0.05, 0.1) is 0 Å². The molecule has 3 heterocycles. The topological polar surface area (TPSA) is 75.1 Å². The number of rotatable bonds is 6. The van der Waals surface area contributed by atoms with Gasteiger partial charge < -0.3 is 15.5 Å². The van der Waals surface area contributed by atoms with Crippen LogP contribution in [0.2, 0.25) is 0 Å². The zero-order valence-corrected chi connectivity index (χ0v) is 15.7. The quantitative estimate of drug-likeness (QED) is 0.693. The highest BCUT2D eigenvalue weighted by atomic mass is 16.2. The highest BCUT2D eigenvalue weighted by Crippen LogP contribution is 2.22. The van der Waals surface area contributed by atoms with Crippen LogP contribution < -0.4 is 15.5 Å². The Hall–Kier alpha value is -3.35. The third kappa shape index (κ3) is 4.49. The third-order valence-electron chi connectivity index (χ3n) is 4.99. The number of benzene rings is 1. The monoisotopic (exact) mass is 376 g/mol. The van der Waals surface area contributed by atoms with Crippen LogP contribution in [0.4, 0.5) is 10.5 Å². The molecule has 144 valence electrons. The second kappa shape index (κ2) is 8.56. The number of pyridine rings is 1. The number of carbonyl (C=O) groups excluding carboxylic acids is 1. The SMILES string of the molecule is O=C(NCc1ccc(-n2ccnc2)nc1)NCC1CCN(c2ccccc2)C1. The average Bonchev–Trinajstić information content (AvgIpc) is 3.44. The number of para-hydroxylation sites is 1. The molecular weight excluding hydrogens is 352 g/mol. The summed E-state index contributed by atoms with van der Waals surface area (Å²) in [5, 5.41) is 5.89. The Morgan fingerprint density at radius 1 is 1.14 bits per heavy atom. The maximum absolute atomic E-state index is 12.1. The predicted octanol–water partition coefficient (Wildman–Crippen LogP) is 2.59. The van der Waals surface area contributed by atoms with E-state index in [-0.39, 0.29) is 6.03 Å². The molecule has 1 saturated heterocycles. The van der Waals surface area contributed by atoms with Crippen LogP contribution in [0.25, 0.3) is 5.82 Å². The molecule has 0 saturated carbocycles. The van der Waals surface area contributed by atoms with Gasteiger partial charge >= 0.3 is 6.03 Å². The summed E-state index contributed by atoms with van der Waals surface area (Å²) in [4.78, 5) is 22.9. The van der Waals surface area contributed by atoms with Crippen LogP contribution in [0.1, 0.15) is 12.0 Å². The standard InChI is InChI=1S/C21H24N6O/c28-21(24-13-17-6-7-20(23-12-17)27-11-9-22-16-27)25-14-18-8-10-26(15-18)19-4-2-1-3-5-19/h1-7,9,11-12,16,18H,8,10,13-15H2,(H2,24,25,28). The van der Waals surface area contributed by atoms with Crippen LogP contribution in [0.5, 0.6) is 0 Å². The van der Waals surface area contributed by atoms with Gasteiger partial charge in [-0.3, -0.25) is 4.57 Å². The van der Waals surface area contributed by atoms with Gasteiger partial charge in [-0.05, 0) is 36.1 Å². The largest absolute Gasteiger partial charge is 0.371 e. The molecule has 7 heteroatoms. The second-order valence-electron chi connectivity index (χ2n) is 6.99. The first-order chi connectivity index (χ1) is 13.8. The van der Waals surface area contributed by atoms with Crippen molar-refractivity contribution in [3.8, 4) is 5.82 Å². The van der Waals surface area contributed by atoms with Crippen LogP contribution in [0, 0.1) is 5.92 Å². The first-order valence-corrected chi connectivity index (χ1v) is 9.53. The van der Waals surface area contributed by atoms with E-state index in [1.54, 1.807) is 18.7 Å². The normalized spacial score (nSPS) is 16.1. The number of hydrogen-bond acceptors (Lipinski definition) is 4. The average molecular weight is 376 g/mol. The molecule has 2 aromatic heterocycles. The molecule has 1 unspecified atom stereocenters. The van der Waals surface area contributed by atoms with Gasteiger partial charge in [0, 0.05) is 50.5 Å². The molecule has 1 fully saturated rings. The van der Waals surface area contributed by atoms with Gasteiger partial charge in [-0.15, -0.1) is 0 Å². The van der Waals surface area contributed by atoms with Gasteiger partial charge in [-0.2, -0.15) is 0 Å². The lowest BCUT2D eigenvalue weighted by atomic mass is 10.1. The third-order valence-corrected chi connectivity index (χ3v) is 4.99. The van der Waals surface area contributed by atoms with E-state index in [1.165, 1.54) is 5.69 Å². The Morgan fingerprint density at radius 3 is 2.79 bits per heavy atom. The minimum absolute atomic E-state index is 0.142. The van der Waals surface area contributed by atoms with Gasteiger partial charge in [0.2, 0.25) is 0 Å². The van der Waals surface area contributed by atoms with Gasteiger partial charge in [0.25, 0.3) is 0 Å². The van der Waals surface area contributed by atoms with E-state index in [0.717, 1.165) is 30.9 Å². The molecule has 28 heavy (non-hydrogen) atoms. The van der Waals surface area contributed by atoms with E-state index in [4.69, 9.17) is 0 Å². The van der Waals surface area contributed by atoms with Crippen molar-refractivity contribution in [3.63, 3.8) is 0 Å². The predicted molar refractivity (Wildman–Crippen MR) is 108 cm³/mol. The number of aromatic nitrogens is 3. The summed E-state index contributed by atoms with van der Waals surface area (Å²) in [5.74, 6) is 1.27. The molecule has 0 bridgehead atoms. The summed E-state index contributed by atoms with van der Waals surface area (Å²) in [5.41, 5.74) is 2.20. The summed E-state index contributed by atoms with van der Waals surface area (Å²) in [7, 11) is 0. The van der Waals surface area contributed by atoms with Crippen molar-refractivity contribution < 1.29 is 4.79 Å². The number of hydrogen-bond donors (Lipinski definition) is 2. The van der Waals surface area contributed by atoms with Crippen LogP contribution in [0.3, 0.4) is 0 Å². The highest BCUT2D eigenvalue weighted by Gasteiger charge is 2.22. The summed E-state index contributed by atoms with van der Waals surface area (Å²) < 4.78 is 1.84. The van der Waals surface area contributed by atoms with Crippen molar-refractivity contribution in [1.29, 1.82) is 0 Å². The molecule has 0 aliphatic carbocycles. The minimum atomic E-state index is -0.142. The maximum atomic E-state index is 12.1. The first kappa shape index (κ1) is 18.0. The van der Waals surface area contributed by atoms with E-state index < -0.39 is 0 Å². The van der Waals surface area contributed by atoms with Gasteiger partial charge in [0.15, 0.2) is 0 Å². The summed E-state index contributed by atoms with van der Waals surface area (Å²) in [6.07, 6.45) is 8.12. The van der Waals surface area contributed by atoms with E-state index in [2.05, 4.69) is 49.8 Å². The fourth-order valence-corrected chi connectivity index (χ4v) is 3.42. The molecule has 7 nitrogen and oxygen atoms in total. The zero-order valence-electron chi connectivity index (χ0n) is 15.7. The van der Waals surface area contributed by atoms with Crippen molar-refractivity contribution >= 4 is 11.7 Å². The molecule has 1 aliphatic rings. The van der Waals surface area contributed by atoms with Crippen LogP contribution in [-0.4, -0.2) is 40.2 Å². The number of anilines is 1. The van der Waals surface area contributed by atoms with Crippen LogP contribution in [-0.2, 0) is 6.54 Å². The maximum Gasteiger partial charge on any atom is 0.315 e. The second-order valence-corrected chi connectivity index (χ2v) is 6.99. The lowest BCUT2D eigenvalue weighted by molar-refractivity contribution is 0.239. The number of nitrogens with one attached hydrogen (secondary N) is 2. The van der Waals surface area contributed by atoms with Crippen LogP contribution in [0.15, 0.2) is 67.4 Å². The van der Waals surface area contributed by atoms with Gasteiger partial charge in [-0.25, -0.2) is 14.8 Å². The summed E-state index contributed by atoms with van der Waals surface area (Å²) in [6, 6.07) is 14.1. The van der Waals surface area contributed by atoms with Crippen molar-refractivity contribution in [2.45, 2.75) is 13.0 Å². The zero-order chi connectivity index (χ0) is 19.2. The van der Waals surface area contributed by atoms with E-state index in [0.29, 0.717) is 19.0 Å². The Labute approximate surface area is 164 Å². The summed E-state index contributed by atoms with van der Waals surface area (Å²) >= 11 is 0.